The molecule has 0 aromatic carbocycles. The van der Waals surface area contributed by atoms with Gasteiger partial charge < -0.3 is 10.4 Å². The predicted octanol–water partition coefficient (Wildman–Crippen LogP) is 0.256. The van der Waals surface area contributed by atoms with Crippen LogP contribution < -0.4 is 5.32 Å². The molecule has 1 heterocycles. The van der Waals surface area contributed by atoms with E-state index in [9.17, 15) is 4.79 Å². The lowest BCUT2D eigenvalue weighted by Crippen LogP contribution is -2.21. The van der Waals surface area contributed by atoms with E-state index in [4.69, 9.17) is 5.11 Å². The van der Waals surface area contributed by atoms with E-state index in [0.717, 1.165) is 5.56 Å². The van der Waals surface area contributed by atoms with E-state index in [1.807, 2.05) is 12.1 Å². The van der Waals surface area contributed by atoms with Crippen molar-refractivity contribution >= 4 is 5.97 Å². The van der Waals surface area contributed by atoms with Crippen molar-refractivity contribution < 1.29 is 9.90 Å². The summed E-state index contributed by atoms with van der Waals surface area (Å²) in [7, 11) is 0. The van der Waals surface area contributed by atoms with Crippen LogP contribution in [0.2, 0.25) is 0 Å². The summed E-state index contributed by atoms with van der Waals surface area (Å²) in [6.45, 7) is 0.553. The smallest absolute Gasteiger partial charge is 0.317 e. The summed E-state index contributed by atoms with van der Waals surface area (Å²) in [4.78, 5) is 14.0. The van der Waals surface area contributed by atoms with Crippen LogP contribution in [0.15, 0.2) is 24.5 Å². The number of aliphatic carboxylic acids is 1. The summed E-state index contributed by atoms with van der Waals surface area (Å²) in [5, 5.41) is 11.1. The van der Waals surface area contributed by atoms with Gasteiger partial charge in [-0.1, -0.05) is 0 Å². The molecule has 2 N–H and O–H groups in total. The molecule has 1 aromatic heterocycles. The second-order valence-electron chi connectivity index (χ2n) is 2.35. The summed E-state index contributed by atoms with van der Waals surface area (Å²) in [6.07, 6.45) is 3.36. The third-order valence-corrected chi connectivity index (χ3v) is 1.35. The van der Waals surface area contributed by atoms with Gasteiger partial charge in [0.1, 0.15) is 0 Å². The van der Waals surface area contributed by atoms with Gasteiger partial charge in [0.25, 0.3) is 0 Å². The summed E-state index contributed by atoms with van der Waals surface area (Å²) in [5.74, 6) is -0.843. The number of hydrogen-bond donors (Lipinski definition) is 2. The quantitative estimate of drug-likeness (QED) is 0.673. The zero-order valence-electron chi connectivity index (χ0n) is 6.53. The topological polar surface area (TPSA) is 62.2 Å². The Labute approximate surface area is 70.3 Å². The molecule has 4 nitrogen and oxygen atoms in total. The Bertz CT molecular complexity index is 248. The van der Waals surface area contributed by atoms with Crippen molar-refractivity contribution in [1.29, 1.82) is 0 Å². The molecule has 0 saturated heterocycles. The molecule has 0 spiro atoms. The highest BCUT2D eigenvalue weighted by Gasteiger charge is 1.94. The van der Waals surface area contributed by atoms with Gasteiger partial charge in [-0.3, -0.25) is 9.78 Å². The molecule has 0 amide bonds. The highest BCUT2D eigenvalue weighted by Crippen LogP contribution is 1.93. The van der Waals surface area contributed by atoms with Crippen molar-refractivity contribution in [2.75, 3.05) is 6.54 Å². The monoisotopic (exact) mass is 166 g/mol. The minimum atomic E-state index is -0.843. The minimum Gasteiger partial charge on any atom is -0.480 e. The number of carboxylic acid groups (broad SMARTS) is 1. The van der Waals surface area contributed by atoms with Gasteiger partial charge in [-0.2, -0.15) is 0 Å². The van der Waals surface area contributed by atoms with Gasteiger partial charge in [0.15, 0.2) is 0 Å². The fourth-order valence-corrected chi connectivity index (χ4v) is 0.814. The van der Waals surface area contributed by atoms with E-state index < -0.39 is 5.97 Å². The van der Waals surface area contributed by atoms with Gasteiger partial charge in [0.2, 0.25) is 0 Å². The molecule has 0 bridgehead atoms. The van der Waals surface area contributed by atoms with Crippen LogP contribution in [0.5, 0.6) is 0 Å². The molecular weight excluding hydrogens is 156 g/mol. The van der Waals surface area contributed by atoms with E-state index in [0.29, 0.717) is 6.54 Å². The first-order valence-corrected chi connectivity index (χ1v) is 3.60. The van der Waals surface area contributed by atoms with Gasteiger partial charge in [-0.15, -0.1) is 0 Å². The standard InChI is InChI=1S/C8H10N2O2/c11-8(12)6-10-5-7-1-3-9-4-2-7/h1-4,10H,5-6H2,(H,11,12). The average Bonchev–Trinajstić information content (AvgIpc) is 2.05. The van der Waals surface area contributed by atoms with Crippen LogP contribution >= 0.6 is 0 Å². The fourth-order valence-electron chi connectivity index (χ4n) is 0.814. The van der Waals surface area contributed by atoms with Crippen LogP contribution in [0, 0.1) is 0 Å². The summed E-state index contributed by atoms with van der Waals surface area (Å²) >= 11 is 0. The first-order chi connectivity index (χ1) is 5.79. The zero-order chi connectivity index (χ0) is 8.81. The maximum atomic E-state index is 10.1. The van der Waals surface area contributed by atoms with Crippen LogP contribution in [0.3, 0.4) is 0 Å². The van der Waals surface area contributed by atoms with Crippen molar-refractivity contribution in [2.45, 2.75) is 6.54 Å². The van der Waals surface area contributed by atoms with E-state index in [1.165, 1.54) is 0 Å². The lowest BCUT2D eigenvalue weighted by Gasteiger charge is -1.99. The SMILES string of the molecule is O=C(O)CNCc1ccncc1. The number of nitrogens with zero attached hydrogens (tertiary/aromatic N) is 1. The van der Waals surface area contributed by atoms with Crippen LogP contribution in [0.4, 0.5) is 0 Å². The normalized spacial score (nSPS) is 9.67. The molecule has 0 aliphatic heterocycles. The highest BCUT2D eigenvalue weighted by atomic mass is 16.4. The molecule has 12 heavy (non-hydrogen) atoms. The molecule has 64 valence electrons. The summed E-state index contributed by atoms with van der Waals surface area (Å²) < 4.78 is 0. The number of carboxylic acids is 1. The van der Waals surface area contributed by atoms with E-state index >= 15 is 0 Å². The van der Waals surface area contributed by atoms with Gasteiger partial charge in [-0.05, 0) is 17.7 Å². The second-order valence-corrected chi connectivity index (χ2v) is 2.35. The Kier molecular flexibility index (Phi) is 3.22. The highest BCUT2D eigenvalue weighted by molar-refractivity contribution is 5.68. The van der Waals surface area contributed by atoms with Crippen molar-refractivity contribution in [3.63, 3.8) is 0 Å². The molecule has 0 aliphatic rings. The molecule has 0 saturated carbocycles. The van der Waals surface area contributed by atoms with E-state index in [2.05, 4.69) is 10.3 Å². The minimum absolute atomic E-state index is 0.0116. The number of carbonyl (C=O) groups is 1. The summed E-state index contributed by atoms with van der Waals surface area (Å²) in [6, 6.07) is 3.68. The molecule has 0 aliphatic carbocycles. The van der Waals surface area contributed by atoms with Crippen molar-refractivity contribution in [2.24, 2.45) is 0 Å². The van der Waals surface area contributed by atoms with Crippen LogP contribution in [0.25, 0.3) is 0 Å². The summed E-state index contributed by atoms with van der Waals surface area (Å²) in [5.41, 5.74) is 1.03. The Balaban J connectivity index is 2.29. The third-order valence-electron chi connectivity index (χ3n) is 1.35. The lowest BCUT2D eigenvalue weighted by atomic mass is 10.3. The molecule has 4 heteroatoms. The van der Waals surface area contributed by atoms with E-state index in [1.54, 1.807) is 12.4 Å². The maximum Gasteiger partial charge on any atom is 0.317 e. The van der Waals surface area contributed by atoms with Crippen molar-refractivity contribution in [1.82, 2.24) is 10.3 Å². The van der Waals surface area contributed by atoms with Crippen molar-refractivity contribution in [3.05, 3.63) is 30.1 Å². The number of hydrogen-bond acceptors (Lipinski definition) is 3. The first kappa shape index (κ1) is 8.67. The van der Waals surface area contributed by atoms with Gasteiger partial charge in [0.05, 0.1) is 6.54 Å². The van der Waals surface area contributed by atoms with E-state index in [-0.39, 0.29) is 6.54 Å². The predicted molar refractivity (Wildman–Crippen MR) is 43.6 cm³/mol. The number of aromatic nitrogens is 1. The van der Waals surface area contributed by atoms with Crippen molar-refractivity contribution in [3.8, 4) is 0 Å². The zero-order valence-corrected chi connectivity index (χ0v) is 6.53. The molecule has 1 aromatic rings. The lowest BCUT2D eigenvalue weighted by molar-refractivity contribution is -0.135. The molecule has 0 atom stereocenters. The Hall–Kier alpha value is -1.42. The molecule has 1 rings (SSSR count). The molecule has 0 unspecified atom stereocenters. The Morgan fingerprint density at radius 3 is 2.75 bits per heavy atom. The number of nitrogens with one attached hydrogen (secondary N) is 1. The molecule has 0 fully saturated rings. The van der Waals surface area contributed by atoms with Gasteiger partial charge >= 0.3 is 5.97 Å². The molecule has 0 radical (unpaired) electrons. The average molecular weight is 166 g/mol. The second kappa shape index (κ2) is 4.46. The Morgan fingerprint density at radius 1 is 1.50 bits per heavy atom. The molecular formula is C8H10N2O2. The maximum absolute atomic E-state index is 10.1. The van der Waals surface area contributed by atoms with Gasteiger partial charge in [0, 0.05) is 18.9 Å². The number of pyridine rings is 1. The third kappa shape index (κ3) is 3.12. The number of rotatable bonds is 4. The van der Waals surface area contributed by atoms with Crippen LogP contribution in [-0.4, -0.2) is 22.6 Å². The largest absolute Gasteiger partial charge is 0.480 e. The van der Waals surface area contributed by atoms with Gasteiger partial charge in [-0.25, -0.2) is 0 Å². The fraction of sp³-hybridized carbons (Fsp3) is 0.250. The van der Waals surface area contributed by atoms with Crippen LogP contribution in [0.1, 0.15) is 5.56 Å². The Morgan fingerprint density at radius 2 is 2.17 bits per heavy atom. The van der Waals surface area contributed by atoms with Crippen LogP contribution in [-0.2, 0) is 11.3 Å². The first-order valence-electron chi connectivity index (χ1n) is 3.60.